The number of carbonyl (C=O) groups excluding carboxylic acids is 3. The fourth-order valence-electron chi connectivity index (χ4n) is 5.38. The third kappa shape index (κ3) is 5.17. The Morgan fingerprint density at radius 3 is 2.48 bits per heavy atom. The van der Waals surface area contributed by atoms with E-state index in [1.165, 1.54) is 43.1 Å². The minimum Gasteiger partial charge on any atom is -0.501 e. The number of likely N-dealkylation sites (N-methyl/N-ethyl adjacent to an activating group) is 2. The molecule has 1 aromatic heterocycles. The zero-order valence-corrected chi connectivity index (χ0v) is 22.9. The van der Waals surface area contributed by atoms with Gasteiger partial charge in [0.15, 0.2) is 5.69 Å². The van der Waals surface area contributed by atoms with E-state index in [0.29, 0.717) is 11.1 Å². The number of hydrogen-bond acceptors (Lipinski definition) is 7. The normalized spacial score (nSPS) is 21.4. The number of rotatable bonds is 7. The standard InChI is InChI=1S/C27H33F2N5O6/c1-16-13-17(5-6-18(16)28)14-30-21(36)19-20(35)22(37)34-15-26(29)7-9-27(10-8-26,25(34)31-19)33(3)24(39)23(38)32(2)11-12-40-4/h5-6,13,35H,7-12,14-15H2,1-4H3,(H,30,36). The maximum Gasteiger partial charge on any atom is 0.312 e. The molecular weight excluding hydrogens is 528 g/mol. The lowest BCUT2D eigenvalue weighted by Crippen LogP contribution is -2.55. The van der Waals surface area contributed by atoms with Gasteiger partial charge < -0.3 is 25.0 Å². The number of aryl methyl sites for hydroxylation is 1. The average Bonchev–Trinajstić information content (AvgIpc) is 3.15. The second kappa shape index (κ2) is 11.0. The number of alkyl halides is 1. The van der Waals surface area contributed by atoms with Crippen LogP contribution in [0.2, 0.25) is 0 Å². The Morgan fingerprint density at radius 2 is 1.85 bits per heavy atom. The summed E-state index contributed by atoms with van der Waals surface area (Å²) in [5, 5.41) is 13.2. The van der Waals surface area contributed by atoms with Gasteiger partial charge in [0.2, 0.25) is 5.75 Å². The van der Waals surface area contributed by atoms with Crippen molar-refractivity contribution in [1.29, 1.82) is 0 Å². The molecule has 11 nitrogen and oxygen atoms in total. The quantitative estimate of drug-likeness (QED) is 0.488. The van der Waals surface area contributed by atoms with Gasteiger partial charge in [0.05, 0.1) is 13.2 Å². The zero-order valence-electron chi connectivity index (χ0n) is 22.9. The molecule has 13 heteroatoms. The molecule has 0 saturated heterocycles. The summed E-state index contributed by atoms with van der Waals surface area (Å²) in [6.45, 7) is 1.49. The van der Waals surface area contributed by atoms with Crippen LogP contribution in [0.15, 0.2) is 23.0 Å². The lowest BCUT2D eigenvalue weighted by Gasteiger charge is -2.44. The van der Waals surface area contributed by atoms with E-state index >= 15 is 4.39 Å². The maximum absolute atomic E-state index is 15.7. The molecule has 1 fully saturated rings. The molecule has 0 unspecified atom stereocenters. The number of fused-ring (bicyclic) bond motifs is 2. The number of benzene rings is 1. The number of ether oxygens (including phenoxy) is 1. The first-order valence-corrected chi connectivity index (χ1v) is 12.9. The molecule has 2 bridgehead atoms. The monoisotopic (exact) mass is 561 g/mol. The van der Waals surface area contributed by atoms with E-state index in [4.69, 9.17) is 4.74 Å². The predicted octanol–water partition coefficient (Wildman–Crippen LogP) is 1.38. The van der Waals surface area contributed by atoms with Crippen LogP contribution >= 0.6 is 0 Å². The van der Waals surface area contributed by atoms with Gasteiger partial charge in [0, 0.05) is 34.3 Å². The van der Waals surface area contributed by atoms with Crippen molar-refractivity contribution in [2.75, 3.05) is 34.4 Å². The van der Waals surface area contributed by atoms with Crippen molar-refractivity contribution in [3.8, 4) is 5.75 Å². The van der Waals surface area contributed by atoms with Crippen molar-refractivity contribution in [3.05, 3.63) is 57.0 Å². The number of nitrogens with zero attached hydrogens (tertiary/aromatic N) is 4. The summed E-state index contributed by atoms with van der Waals surface area (Å²) < 4.78 is 35.3. The molecule has 1 saturated carbocycles. The Labute approximate surface area is 229 Å². The number of nitrogens with one attached hydrogen (secondary N) is 1. The lowest BCUT2D eigenvalue weighted by molar-refractivity contribution is -0.156. The van der Waals surface area contributed by atoms with E-state index in [9.17, 15) is 28.7 Å². The van der Waals surface area contributed by atoms with Gasteiger partial charge in [-0.25, -0.2) is 13.8 Å². The molecular formula is C27H33F2N5O6. The van der Waals surface area contributed by atoms with Gasteiger partial charge in [-0.05, 0) is 49.8 Å². The van der Waals surface area contributed by atoms with Crippen LogP contribution in [0.5, 0.6) is 5.75 Å². The van der Waals surface area contributed by atoms with E-state index in [0.717, 1.165) is 4.57 Å². The summed E-state index contributed by atoms with van der Waals surface area (Å²) in [7, 11) is 4.30. The van der Waals surface area contributed by atoms with Crippen molar-refractivity contribution >= 4 is 17.7 Å². The molecule has 1 aliphatic carbocycles. The molecule has 0 radical (unpaired) electrons. The number of aromatic nitrogens is 2. The Balaban J connectivity index is 1.72. The SMILES string of the molecule is COCCN(C)C(=O)C(=O)N(C)C12CCC(F)(CC1)Cn1c2nc(C(=O)NCc2ccc(F)c(C)c2)c(O)c1=O. The highest BCUT2D eigenvalue weighted by molar-refractivity contribution is 6.34. The fourth-order valence-corrected chi connectivity index (χ4v) is 5.38. The summed E-state index contributed by atoms with van der Waals surface area (Å²) >= 11 is 0. The Morgan fingerprint density at radius 1 is 1.18 bits per heavy atom. The number of methoxy groups -OCH3 is 1. The maximum atomic E-state index is 15.7. The Kier molecular flexibility index (Phi) is 7.97. The van der Waals surface area contributed by atoms with Crippen LogP contribution in [0.25, 0.3) is 0 Å². The molecule has 2 aromatic rings. The molecule has 0 atom stereocenters. The highest BCUT2D eigenvalue weighted by atomic mass is 19.1. The van der Waals surface area contributed by atoms with E-state index in [1.807, 2.05) is 0 Å². The number of amides is 3. The van der Waals surface area contributed by atoms with E-state index in [2.05, 4.69) is 10.3 Å². The van der Waals surface area contributed by atoms with Crippen molar-refractivity contribution in [2.24, 2.45) is 0 Å². The lowest BCUT2D eigenvalue weighted by atomic mass is 9.75. The second-order valence-electron chi connectivity index (χ2n) is 10.6. The number of aromatic hydroxyl groups is 1. The highest BCUT2D eigenvalue weighted by Gasteiger charge is 2.55. The zero-order chi connectivity index (χ0) is 29.4. The van der Waals surface area contributed by atoms with Gasteiger partial charge in [0.1, 0.15) is 22.8 Å². The van der Waals surface area contributed by atoms with Crippen LogP contribution in [0.4, 0.5) is 8.78 Å². The van der Waals surface area contributed by atoms with Gasteiger partial charge in [-0.2, -0.15) is 0 Å². The first-order chi connectivity index (χ1) is 18.8. The van der Waals surface area contributed by atoms with Gasteiger partial charge in [-0.1, -0.05) is 12.1 Å². The van der Waals surface area contributed by atoms with Crippen LogP contribution in [0.1, 0.15) is 53.1 Å². The molecule has 1 aromatic carbocycles. The summed E-state index contributed by atoms with van der Waals surface area (Å²) in [6.07, 6.45) is 0.0581. The molecule has 2 aliphatic heterocycles. The molecule has 0 spiro atoms. The van der Waals surface area contributed by atoms with Crippen molar-refractivity contribution in [3.63, 3.8) is 0 Å². The smallest absolute Gasteiger partial charge is 0.312 e. The largest absolute Gasteiger partial charge is 0.501 e. The molecule has 2 N–H and O–H groups in total. The van der Waals surface area contributed by atoms with Crippen molar-refractivity contribution in [2.45, 2.75) is 56.9 Å². The van der Waals surface area contributed by atoms with E-state index < -0.39 is 58.3 Å². The van der Waals surface area contributed by atoms with Crippen molar-refractivity contribution < 1.29 is 33.0 Å². The summed E-state index contributed by atoms with van der Waals surface area (Å²) in [6, 6.07) is 4.29. The number of halogens is 2. The molecule has 3 heterocycles. The molecule has 3 aliphatic rings. The van der Waals surface area contributed by atoms with Crippen LogP contribution in [0, 0.1) is 12.7 Å². The Hall–Kier alpha value is -3.87. The van der Waals surface area contributed by atoms with Crippen LogP contribution in [0.3, 0.4) is 0 Å². The van der Waals surface area contributed by atoms with Gasteiger partial charge in [-0.15, -0.1) is 0 Å². The van der Waals surface area contributed by atoms with Gasteiger partial charge >= 0.3 is 11.8 Å². The minimum atomic E-state index is -1.79. The van der Waals surface area contributed by atoms with Gasteiger partial charge in [-0.3, -0.25) is 23.7 Å². The van der Waals surface area contributed by atoms with Crippen molar-refractivity contribution in [1.82, 2.24) is 24.7 Å². The summed E-state index contributed by atoms with van der Waals surface area (Å²) in [5.41, 5.74) is -3.82. The van der Waals surface area contributed by atoms with Crippen LogP contribution < -0.4 is 10.9 Å². The van der Waals surface area contributed by atoms with E-state index in [1.54, 1.807) is 13.0 Å². The van der Waals surface area contributed by atoms with E-state index in [-0.39, 0.29) is 51.2 Å². The fraction of sp³-hybridized carbons (Fsp3) is 0.519. The second-order valence-corrected chi connectivity index (χ2v) is 10.6. The summed E-state index contributed by atoms with van der Waals surface area (Å²) in [5.74, 6) is -4.03. The first kappa shape index (κ1) is 29.1. The third-order valence-corrected chi connectivity index (χ3v) is 7.97. The molecule has 40 heavy (non-hydrogen) atoms. The average molecular weight is 562 g/mol. The Bertz CT molecular complexity index is 1400. The van der Waals surface area contributed by atoms with Gasteiger partial charge in [0.25, 0.3) is 11.5 Å². The predicted molar refractivity (Wildman–Crippen MR) is 139 cm³/mol. The molecule has 216 valence electrons. The molecule has 3 amide bonds. The van der Waals surface area contributed by atoms with Crippen LogP contribution in [-0.4, -0.2) is 82.2 Å². The molecule has 5 rings (SSSR count). The van der Waals surface area contributed by atoms with Crippen LogP contribution in [-0.2, 0) is 33.0 Å². The minimum absolute atomic E-state index is 0.0205. The number of hydrogen-bond donors (Lipinski definition) is 2. The summed E-state index contributed by atoms with van der Waals surface area (Å²) in [4.78, 5) is 59.4. The third-order valence-electron chi connectivity index (χ3n) is 7.97. The number of carbonyl (C=O) groups is 3. The highest BCUT2D eigenvalue weighted by Crippen LogP contribution is 2.49. The topological polar surface area (TPSA) is 134 Å². The first-order valence-electron chi connectivity index (χ1n) is 12.9.